The molecule has 1 atom stereocenters. The van der Waals surface area contributed by atoms with Crippen molar-refractivity contribution in [2.45, 2.75) is 6.04 Å². The van der Waals surface area contributed by atoms with Crippen LogP contribution >= 0.6 is 0 Å². The number of nitrogens with one attached hydrogen (secondary N) is 2. The Morgan fingerprint density at radius 3 is 3.06 bits per heavy atom. The van der Waals surface area contributed by atoms with Gasteiger partial charge in [0.2, 0.25) is 0 Å². The fourth-order valence-corrected chi connectivity index (χ4v) is 1.73. The zero-order chi connectivity index (χ0) is 11.7. The van der Waals surface area contributed by atoms with E-state index in [0.717, 1.165) is 5.69 Å². The molecule has 1 aliphatic heterocycles. The second-order valence-electron chi connectivity index (χ2n) is 3.51. The van der Waals surface area contributed by atoms with Crippen molar-refractivity contribution >= 4 is 11.9 Å². The predicted molar refractivity (Wildman–Crippen MR) is 57.7 cm³/mol. The molecule has 0 radical (unpaired) electrons. The minimum Gasteiger partial charge on any atom is -0.336 e. The highest BCUT2D eigenvalue weighted by Gasteiger charge is 2.37. The Labute approximate surface area is 92.8 Å². The van der Waals surface area contributed by atoms with E-state index in [1.54, 1.807) is 17.1 Å². The van der Waals surface area contributed by atoms with E-state index in [1.165, 1.54) is 4.90 Å². The van der Waals surface area contributed by atoms with Crippen molar-refractivity contribution in [1.29, 1.82) is 5.41 Å². The van der Waals surface area contributed by atoms with Crippen molar-refractivity contribution in [3.05, 3.63) is 18.2 Å². The van der Waals surface area contributed by atoms with E-state index in [-0.39, 0.29) is 18.4 Å². The van der Waals surface area contributed by atoms with Crippen LogP contribution in [0.2, 0.25) is 0 Å². The SMILES string of the molecule is C#CCN1C(=O)NC(=N)C1c1cncn1C. The van der Waals surface area contributed by atoms with Gasteiger partial charge in [0, 0.05) is 7.05 Å². The number of nitrogens with zero attached hydrogens (tertiary/aromatic N) is 3. The predicted octanol–water partition coefficient (Wildman–Crippen LogP) is 0.0969. The molecule has 0 aromatic carbocycles. The summed E-state index contributed by atoms with van der Waals surface area (Å²) in [7, 11) is 1.81. The lowest BCUT2D eigenvalue weighted by atomic mass is 10.2. The number of aromatic nitrogens is 2. The lowest BCUT2D eigenvalue weighted by Crippen LogP contribution is -2.30. The maximum Gasteiger partial charge on any atom is 0.324 e. The molecule has 1 aromatic rings. The number of urea groups is 1. The largest absolute Gasteiger partial charge is 0.336 e. The first-order valence-electron chi connectivity index (χ1n) is 4.71. The summed E-state index contributed by atoms with van der Waals surface area (Å²) in [6.45, 7) is 0.171. The molecule has 6 nitrogen and oxygen atoms in total. The molecule has 16 heavy (non-hydrogen) atoms. The summed E-state index contributed by atoms with van der Waals surface area (Å²) in [6, 6.07) is -0.801. The van der Waals surface area contributed by atoms with Crippen LogP contribution in [0.5, 0.6) is 0 Å². The minimum atomic E-state index is -0.462. The fourth-order valence-electron chi connectivity index (χ4n) is 1.73. The van der Waals surface area contributed by atoms with Crippen LogP contribution in [0.15, 0.2) is 12.5 Å². The van der Waals surface area contributed by atoms with Gasteiger partial charge >= 0.3 is 6.03 Å². The molecule has 0 aliphatic carbocycles. The van der Waals surface area contributed by atoms with Gasteiger partial charge in [0.1, 0.15) is 11.9 Å². The number of carbonyl (C=O) groups excluding carboxylic acids is 1. The summed E-state index contributed by atoms with van der Waals surface area (Å²) in [5, 5.41) is 10.2. The number of amidine groups is 1. The van der Waals surface area contributed by atoms with Gasteiger partial charge in [0.25, 0.3) is 0 Å². The van der Waals surface area contributed by atoms with Crippen LogP contribution < -0.4 is 5.32 Å². The Morgan fingerprint density at radius 2 is 2.50 bits per heavy atom. The van der Waals surface area contributed by atoms with Crippen molar-refractivity contribution in [2.24, 2.45) is 7.05 Å². The molecule has 0 saturated carbocycles. The Kier molecular flexibility index (Phi) is 2.37. The molecular formula is C10H11N5O. The molecule has 2 rings (SSSR count). The smallest absolute Gasteiger partial charge is 0.324 e. The maximum absolute atomic E-state index is 11.5. The average molecular weight is 217 g/mol. The molecule has 2 heterocycles. The number of imidazole rings is 1. The molecule has 1 fully saturated rings. The van der Waals surface area contributed by atoms with Crippen molar-refractivity contribution in [3.8, 4) is 12.3 Å². The summed E-state index contributed by atoms with van der Waals surface area (Å²) < 4.78 is 1.77. The second-order valence-corrected chi connectivity index (χ2v) is 3.51. The molecule has 0 spiro atoms. The van der Waals surface area contributed by atoms with Crippen LogP contribution in [-0.2, 0) is 7.05 Å². The Bertz CT molecular complexity index is 484. The van der Waals surface area contributed by atoms with Crippen LogP contribution in [0.25, 0.3) is 0 Å². The molecular weight excluding hydrogens is 206 g/mol. The van der Waals surface area contributed by atoms with Gasteiger partial charge in [-0.25, -0.2) is 9.78 Å². The Balaban J connectivity index is 2.39. The van der Waals surface area contributed by atoms with Gasteiger partial charge < -0.3 is 4.57 Å². The van der Waals surface area contributed by atoms with E-state index in [9.17, 15) is 4.79 Å². The number of hydrogen-bond donors (Lipinski definition) is 2. The number of carbonyl (C=O) groups is 1. The van der Waals surface area contributed by atoms with Crippen molar-refractivity contribution in [2.75, 3.05) is 6.54 Å². The summed E-state index contributed by atoms with van der Waals surface area (Å²) >= 11 is 0. The van der Waals surface area contributed by atoms with Crippen molar-refractivity contribution in [1.82, 2.24) is 19.8 Å². The molecule has 1 aromatic heterocycles. The molecule has 0 bridgehead atoms. The minimum absolute atomic E-state index is 0.129. The number of hydrogen-bond acceptors (Lipinski definition) is 3. The maximum atomic E-state index is 11.5. The molecule has 1 aliphatic rings. The first-order valence-corrected chi connectivity index (χ1v) is 4.71. The third-order valence-electron chi connectivity index (χ3n) is 2.48. The lowest BCUT2D eigenvalue weighted by molar-refractivity contribution is 0.211. The topological polar surface area (TPSA) is 74.0 Å². The van der Waals surface area contributed by atoms with Crippen molar-refractivity contribution in [3.63, 3.8) is 0 Å². The summed E-state index contributed by atoms with van der Waals surface area (Å²) in [5.74, 6) is 2.54. The molecule has 1 unspecified atom stereocenters. The van der Waals surface area contributed by atoms with Gasteiger partial charge in [-0.15, -0.1) is 6.42 Å². The van der Waals surface area contributed by atoms with E-state index in [4.69, 9.17) is 11.8 Å². The van der Waals surface area contributed by atoms with Gasteiger partial charge in [0.15, 0.2) is 0 Å². The monoisotopic (exact) mass is 217 g/mol. The quantitative estimate of drug-likeness (QED) is 0.689. The third kappa shape index (κ3) is 1.42. The van der Waals surface area contributed by atoms with E-state index in [0.29, 0.717) is 0 Å². The fraction of sp³-hybridized carbons (Fsp3) is 0.300. The van der Waals surface area contributed by atoms with Crippen LogP contribution in [-0.4, -0.2) is 32.9 Å². The zero-order valence-electron chi connectivity index (χ0n) is 8.77. The highest BCUT2D eigenvalue weighted by Crippen LogP contribution is 2.24. The normalized spacial score (nSPS) is 19.8. The summed E-state index contributed by atoms with van der Waals surface area (Å²) in [4.78, 5) is 16.9. The van der Waals surface area contributed by atoms with E-state index >= 15 is 0 Å². The van der Waals surface area contributed by atoms with E-state index < -0.39 is 6.04 Å². The number of aryl methyl sites for hydroxylation is 1. The third-order valence-corrected chi connectivity index (χ3v) is 2.48. The van der Waals surface area contributed by atoms with Crippen LogP contribution in [0.3, 0.4) is 0 Å². The van der Waals surface area contributed by atoms with Crippen LogP contribution in [0.1, 0.15) is 11.7 Å². The molecule has 6 heteroatoms. The van der Waals surface area contributed by atoms with E-state index in [2.05, 4.69) is 16.2 Å². The second kappa shape index (κ2) is 3.70. The average Bonchev–Trinajstić information content (AvgIpc) is 2.73. The first-order chi connectivity index (χ1) is 7.65. The molecule has 2 amide bonds. The van der Waals surface area contributed by atoms with Crippen molar-refractivity contribution < 1.29 is 4.79 Å². The highest BCUT2D eigenvalue weighted by molar-refractivity contribution is 6.05. The van der Waals surface area contributed by atoms with Gasteiger partial charge in [-0.05, 0) is 0 Å². The standard InChI is InChI=1S/C10H11N5O/c1-3-4-15-8(9(11)13-10(15)16)7-5-12-6-14(7)2/h1,5-6,8H,4H2,2H3,(H2,11,13,16). The Morgan fingerprint density at radius 1 is 1.75 bits per heavy atom. The van der Waals surface area contributed by atoms with Gasteiger partial charge in [-0.2, -0.15) is 0 Å². The van der Waals surface area contributed by atoms with Crippen LogP contribution in [0, 0.1) is 17.8 Å². The number of terminal acetylenes is 1. The van der Waals surface area contributed by atoms with Gasteiger partial charge in [0.05, 0.1) is 24.8 Å². The highest BCUT2D eigenvalue weighted by atomic mass is 16.2. The van der Waals surface area contributed by atoms with Crippen LogP contribution in [0.4, 0.5) is 4.79 Å². The molecule has 2 N–H and O–H groups in total. The number of rotatable bonds is 2. The summed E-state index contributed by atoms with van der Waals surface area (Å²) in [5.41, 5.74) is 0.763. The Hall–Kier alpha value is -2.29. The summed E-state index contributed by atoms with van der Waals surface area (Å²) in [6.07, 6.45) is 8.46. The molecule has 1 saturated heterocycles. The molecule has 82 valence electrons. The lowest BCUT2D eigenvalue weighted by Gasteiger charge is -2.20. The zero-order valence-corrected chi connectivity index (χ0v) is 8.77. The first kappa shape index (κ1) is 10.2. The van der Waals surface area contributed by atoms with Gasteiger partial charge in [-0.1, -0.05) is 5.92 Å². The van der Waals surface area contributed by atoms with E-state index in [1.807, 2.05) is 7.05 Å². The van der Waals surface area contributed by atoms with Gasteiger partial charge in [-0.3, -0.25) is 15.6 Å². The number of amides is 2.